The molecule has 9 nitrogen and oxygen atoms in total. The smallest absolute Gasteiger partial charge is 0.339 e. The van der Waals surface area contributed by atoms with Crippen LogP contribution in [0.15, 0.2) is 21.3 Å². The van der Waals surface area contributed by atoms with Gasteiger partial charge < -0.3 is 24.9 Å². The van der Waals surface area contributed by atoms with Gasteiger partial charge in [0.05, 0.1) is 11.8 Å². The number of carboxylic acids is 1. The molecule has 1 atom stereocenters. The molecule has 3 N–H and O–H groups in total. The van der Waals surface area contributed by atoms with Crippen molar-refractivity contribution in [2.75, 3.05) is 25.2 Å². The molecule has 178 valence electrons. The first kappa shape index (κ1) is 24.6. The average molecular weight is 477 g/mol. The third-order valence-corrected chi connectivity index (χ3v) is 6.08. The third kappa shape index (κ3) is 6.28. The number of ether oxygens (including phenoxy) is 1. The zero-order valence-corrected chi connectivity index (χ0v) is 19.5. The van der Waals surface area contributed by atoms with Gasteiger partial charge in [-0.3, -0.25) is 14.4 Å². The van der Waals surface area contributed by atoms with Crippen molar-refractivity contribution in [1.29, 1.82) is 0 Å². The highest BCUT2D eigenvalue weighted by Gasteiger charge is 2.24. The van der Waals surface area contributed by atoms with E-state index in [0.29, 0.717) is 40.9 Å². The average Bonchev–Trinajstić information content (AvgIpc) is 3.24. The maximum absolute atomic E-state index is 12.6. The monoisotopic (exact) mass is 476 g/mol. The number of aryl methyl sites for hydroxylation is 2. The van der Waals surface area contributed by atoms with Gasteiger partial charge in [-0.25, -0.2) is 4.79 Å². The Bertz CT molecular complexity index is 1110. The minimum atomic E-state index is -1.01. The van der Waals surface area contributed by atoms with Crippen LogP contribution in [0.5, 0.6) is 5.75 Å². The number of benzene rings is 1. The molecule has 0 fully saturated rings. The molecule has 2 amide bonds. The molecule has 1 aromatic heterocycles. The normalized spacial score (nSPS) is 13.4. The van der Waals surface area contributed by atoms with Crippen molar-refractivity contribution in [1.82, 2.24) is 10.6 Å². The van der Waals surface area contributed by atoms with Gasteiger partial charge in [0.2, 0.25) is 5.91 Å². The van der Waals surface area contributed by atoms with Crippen LogP contribution >= 0.6 is 11.8 Å². The lowest BCUT2D eigenvalue weighted by atomic mass is 10.0. The zero-order valence-electron chi connectivity index (χ0n) is 18.7. The summed E-state index contributed by atoms with van der Waals surface area (Å²) in [5.41, 5.74) is 2.51. The van der Waals surface area contributed by atoms with Gasteiger partial charge in [-0.15, -0.1) is 0 Å². The first-order valence-electron chi connectivity index (χ1n) is 10.8. The Morgan fingerprint density at radius 1 is 1.24 bits per heavy atom. The van der Waals surface area contributed by atoms with Crippen LogP contribution in [0.1, 0.15) is 36.0 Å². The summed E-state index contributed by atoms with van der Waals surface area (Å²) in [6.45, 7) is 1.52. The number of carbonyl (C=O) groups is 3. The molecule has 1 aliphatic carbocycles. The Balaban J connectivity index is 1.71. The maximum atomic E-state index is 12.6. The largest absolute Gasteiger partial charge is 0.483 e. The minimum absolute atomic E-state index is 0.0120. The highest BCUT2D eigenvalue weighted by Crippen LogP contribution is 2.35. The van der Waals surface area contributed by atoms with Crippen LogP contribution < -0.4 is 21.0 Å². The van der Waals surface area contributed by atoms with Crippen LogP contribution in [0.3, 0.4) is 0 Å². The molecule has 3 rings (SSSR count). The van der Waals surface area contributed by atoms with Crippen molar-refractivity contribution in [2.45, 2.75) is 45.1 Å². The molecule has 1 aromatic carbocycles. The van der Waals surface area contributed by atoms with Crippen LogP contribution in [-0.2, 0) is 27.2 Å². The van der Waals surface area contributed by atoms with Crippen molar-refractivity contribution < 1.29 is 28.6 Å². The fourth-order valence-electron chi connectivity index (χ4n) is 3.92. The molecular weight excluding hydrogens is 448 g/mol. The lowest BCUT2D eigenvalue weighted by Gasteiger charge is -2.18. The van der Waals surface area contributed by atoms with Crippen LogP contribution in [-0.4, -0.2) is 54.1 Å². The van der Waals surface area contributed by atoms with E-state index in [1.54, 1.807) is 12.1 Å². The molecule has 1 aliphatic rings. The van der Waals surface area contributed by atoms with E-state index >= 15 is 0 Å². The number of thioether (sulfide) groups is 1. The predicted molar refractivity (Wildman–Crippen MR) is 125 cm³/mol. The molecule has 0 saturated heterocycles. The number of hydrogen-bond donors (Lipinski definition) is 3. The van der Waals surface area contributed by atoms with Crippen LogP contribution in [0, 0.1) is 6.92 Å². The van der Waals surface area contributed by atoms with Gasteiger partial charge in [-0.05, 0) is 67.9 Å². The Hall–Kier alpha value is -3.01. The molecule has 1 heterocycles. The van der Waals surface area contributed by atoms with Crippen LogP contribution in [0.25, 0.3) is 11.0 Å². The molecule has 10 heteroatoms. The summed E-state index contributed by atoms with van der Waals surface area (Å²) in [6, 6.07) is 2.79. The lowest BCUT2D eigenvalue weighted by molar-refractivity contribution is -0.137. The number of aliphatic carboxylic acids is 1. The minimum Gasteiger partial charge on any atom is -0.483 e. The number of rotatable bonds is 11. The van der Waals surface area contributed by atoms with E-state index in [0.717, 1.165) is 24.0 Å². The first-order valence-corrected chi connectivity index (χ1v) is 12.2. The molecule has 0 spiro atoms. The van der Waals surface area contributed by atoms with Gasteiger partial charge in [0.1, 0.15) is 17.4 Å². The predicted octanol–water partition coefficient (Wildman–Crippen LogP) is 1.80. The summed E-state index contributed by atoms with van der Waals surface area (Å²) in [5, 5.41) is 14.7. The maximum Gasteiger partial charge on any atom is 0.339 e. The summed E-state index contributed by atoms with van der Waals surface area (Å²) in [6.07, 6.45) is 4.37. The molecule has 33 heavy (non-hydrogen) atoms. The molecule has 0 bridgehead atoms. The van der Waals surface area contributed by atoms with E-state index in [9.17, 15) is 19.2 Å². The van der Waals surface area contributed by atoms with E-state index in [-0.39, 0.29) is 25.2 Å². The standard InChI is InChI=1S/C23H28N2O7S/c1-13-10-17(21-14-4-3-5-15(14)23(30)32-18(21)11-13)31-12-19(26)25-16(7-9-33-2)22(29)24-8-6-20(27)28/h10-11,16H,3-9,12H2,1-2H3,(H,24,29)(H,25,26)(H,27,28)/t16-/m0/s1. The summed E-state index contributed by atoms with van der Waals surface area (Å²) in [5.74, 6) is -0.807. The van der Waals surface area contributed by atoms with Crippen molar-refractivity contribution >= 4 is 40.5 Å². The SMILES string of the molecule is CSCC[C@H](NC(=O)COc1cc(C)cc2oc(=O)c3c(c12)CCC3)C(=O)NCCC(=O)O. The van der Waals surface area contributed by atoms with E-state index in [4.69, 9.17) is 14.3 Å². The molecular formula is C23H28N2O7S. The Labute approximate surface area is 195 Å². The van der Waals surface area contributed by atoms with Gasteiger partial charge in [-0.2, -0.15) is 11.8 Å². The van der Waals surface area contributed by atoms with Crippen molar-refractivity contribution in [2.24, 2.45) is 0 Å². The van der Waals surface area contributed by atoms with Gasteiger partial charge in [0, 0.05) is 12.1 Å². The molecule has 0 radical (unpaired) electrons. The highest BCUT2D eigenvalue weighted by atomic mass is 32.2. The van der Waals surface area contributed by atoms with E-state index in [1.165, 1.54) is 11.8 Å². The number of nitrogens with one attached hydrogen (secondary N) is 2. The number of hydrogen-bond acceptors (Lipinski definition) is 7. The number of fused-ring (bicyclic) bond motifs is 3. The van der Waals surface area contributed by atoms with Gasteiger partial charge >= 0.3 is 11.6 Å². The zero-order chi connectivity index (χ0) is 24.0. The summed E-state index contributed by atoms with van der Waals surface area (Å²) in [4.78, 5) is 47.9. The number of carbonyl (C=O) groups excluding carboxylic acids is 2. The second kappa shape index (κ2) is 11.2. The number of carboxylic acid groups (broad SMARTS) is 1. The molecule has 2 aromatic rings. The van der Waals surface area contributed by atoms with E-state index in [2.05, 4.69) is 10.6 Å². The second-order valence-corrected chi connectivity index (χ2v) is 8.95. The molecule has 0 saturated carbocycles. The molecule has 0 aliphatic heterocycles. The van der Waals surface area contributed by atoms with Gasteiger partial charge in [0.25, 0.3) is 5.91 Å². The fraction of sp³-hybridized carbons (Fsp3) is 0.478. The second-order valence-electron chi connectivity index (χ2n) is 7.96. The topological polar surface area (TPSA) is 135 Å². The summed E-state index contributed by atoms with van der Waals surface area (Å²) in [7, 11) is 0. The third-order valence-electron chi connectivity index (χ3n) is 5.44. The summed E-state index contributed by atoms with van der Waals surface area (Å²) < 4.78 is 11.3. The Morgan fingerprint density at radius 2 is 2.00 bits per heavy atom. The van der Waals surface area contributed by atoms with Crippen LogP contribution in [0.4, 0.5) is 0 Å². The van der Waals surface area contributed by atoms with Crippen LogP contribution in [0.2, 0.25) is 0 Å². The highest BCUT2D eigenvalue weighted by molar-refractivity contribution is 7.98. The van der Waals surface area contributed by atoms with Crippen molar-refractivity contribution in [3.8, 4) is 5.75 Å². The van der Waals surface area contributed by atoms with Gasteiger partial charge in [-0.1, -0.05) is 0 Å². The fourth-order valence-corrected chi connectivity index (χ4v) is 4.39. The van der Waals surface area contributed by atoms with Crippen molar-refractivity contribution in [3.05, 3.63) is 39.2 Å². The Morgan fingerprint density at radius 3 is 2.73 bits per heavy atom. The summed E-state index contributed by atoms with van der Waals surface area (Å²) >= 11 is 1.54. The van der Waals surface area contributed by atoms with Gasteiger partial charge in [0.15, 0.2) is 6.61 Å². The quantitative estimate of drug-likeness (QED) is 0.418. The van der Waals surface area contributed by atoms with E-state index < -0.39 is 23.8 Å². The molecule has 0 unspecified atom stereocenters. The Kier molecular flexibility index (Phi) is 8.37. The lowest BCUT2D eigenvalue weighted by Crippen LogP contribution is -2.48. The first-order chi connectivity index (χ1) is 15.8. The van der Waals surface area contributed by atoms with E-state index in [1.807, 2.05) is 13.2 Å². The number of amides is 2. The van der Waals surface area contributed by atoms with Crippen molar-refractivity contribution in [3.63, 3.8) is 0 Å².